The average Bonchev–Trinajstić information content (AvgIpc) is 3.02. The summed E-state index contributed by atoms with van der Waals surface area (Å²) in [5.41, 5.74) is 3.19. The van der Waals surface area contributed by atoms with Gasteiger partial charge in [0, 0.05) is 29.7 Å². The number of aryl methyl sites for hydroxylation is 1. The van der Waals surface area contributed by atoms with Crippen LogP contribution < -0.4 is 14.8 Å². The van der Waals surface area contributed by atoms with E-state index in [2.05, 4.69) is 10.3 Å². The van der Waals surface area contributed by atoms with Gasteiger partial charge in [-0.25, -0.2) is 0 Å². The Morgan fingerprint density at radius 1 is 1.15 bits per heavy atom. The van der Waals surface area contributed by atoms with Crippen LogP contribution in [0.15, 0.2) is 36.5 Å². The van der Waals surface area contributed by atoms with Gasteiger partial charge in [-0.2, -0.15) is 0 Å². The summed E-state index contributed by atoms with van der Waals surface area (Å²) in [5.74, 6) is 1.03. The molecule has 1 aromatic heterocycles. The number of H-pyrrole nitrogens is 1. The van der Waals surface area contributed by atoms with Crippen molar-refractivity contribution >= 4 is 16.8 Å². The number of aromatic nitrogens is 1. The van der Waals surface area contributed by atoms with E-state index in [9.17, 15) is 9.90 Å². The maximum Gasteiger partial charge on any atom is 0.255 e. The molecule has 2 aromatic carbocycles. The predicted molar refractivity (Wildman–Crippen MR) is 100 cm³/mol. The lowest BCUT2D eigenvalue weighted by molar-refractivity contribution is 0.0951. The predicted octanol–water partition coefficient (Wildman–Crippen LogP) is 3.17. The Kier molecular flexibility index (Phi) is 5.02. The SMILES string of the molecule is COc1cc2[nH]cc(CCNC(=O)c3ccc(C)cc3O)c2cc1OC. The zero-order valence-corrected chi connectivity index (χ0v) is 15.1. The molecule has 0 aliphatic rings. The van der Waals surface area contributed by atoms with E-state index < -0.39 is 0 Å². The van der Waals surface area contributed by atoms with E-state index in [0.29, 0.717) is 24.5 Å². The van der Waals surface area contributed by atoms with Crippen LogP contribution in [0.25, 0.3) is 10.9 Å². The van der Waals surface area contributed by atoms with Gasteiger partial charge in [-0.05, 0) is 42.7 Å². The van der Waals surface area contributed by atoms with Crippen molar-refractivity contribution in [3.8, 4) is 17.2 Å². The number of hydrogen-bond acceptors (Lipinski definition) is 4. The van der Waals surface area contributed by atoms with Gasteiger partial charge in [-0.1, -0.05) is 6.07 Å². The lowest BCUT2D eigenvalue weighted by atomic mass is 10.1. The number of carbonyl (C=O) groups excluding carboxylic acids is 1. The van der Waals surface area contributed by atoms with Crippen molar-refractivity contribution in [2.45, 2.75) is 13.3 Å². The molecule has 136 valence electrons. The van der Waals surface area contributed by atoms with Crippen LogP contribution in [-0.4, -0.2) is 36.8 Å². The Bertz CT molecular complexity index is 946. The normalized spacial score (nSPS) is 10.7. The quantitative estimate of drug-likeness (QED) is 0.635. The second kappa shape index (κ2) is 7.39. The minimum Gasteiger partial charge on any atom is -0.507 e. The molecule has 3 N–H and O–H groups in total. The number of hydrogen-bond donors (Lipinski definition) is 3. The van der Waals surface area contributed by atoms with Crippen LogP contribution in [0.5, 0.6) is 17.2 Å². The van der Waals surface area contributed by atoms with Crippen molar-refractivity contribution in [1.29, 1.82) is 0 Å². The Balaban J connectivity index is 1.71. The molecule has 0 saturated carbocycles. The molecule has 0 aliphatic carbocycles. The highest BCUT2D eigenvalue weighted by Gasteiger charge is 2.13. The molecule has 3 rings (SSSR count). The monoisotopic (exact) mass is 354 g/mol. The molecule has 0 aliphatic heterocycles. The maximum absolute atomic E-state index is 12.2. The van der Waals surface area contributed by atoms with Gasteiger partial charge < -0.3 is 24.9 Å². The van der Waals surface area contributed by atoms with E-state index in [1.807, 2.05) is 25.3 Å². The number of nitrogens with one attached hydrogen (secondary N) is 2. The number of aromatic hydroxyl groups is 1. The molecule has 6 heteroatoms. The first-order chi connectivity index (χ1) is 12.5. The number of phenolic OH excluding ortho intramolecular Hbond substituents is 1. The molecule has 3 aromatic rings. The highest BCUT2D eigenvalue weighted by molar-refractivity contribution is 5.97. The van der Waals surface area contributed by atoms with Crippen LogP contribution in [0.2, 0.25) is 0 Å². The fourth-order valence-electron chi connectivity index (χ4n) is 2.95. The zero-order chi connectivity index (χ0) is 18.7. The number of benzene rings is 2. The van der Waals surface area contributed by atoms with E-state index in [-0.39, 0.29) is 17.2 Å². The Labute approximate surface area is 151 Å². The number of ether oxygens (including phenoxy) is 2. The lowest BCUT2D eigenvalue weighted by Gasteiger charge is -2.09. The highest BCUT2D eigenvalue weighted by Crippen LogP contribution is 2.33. The fourth-order valence-corrected chi connectivity index (χ4v) is 2.95. The smallest absolute Gasteiger partial charge is 0.255 e. The number of fused-ring (bicyclic) bond motifs is 1. The highest BCUT2D eigenvalue weighted by atomic mass is 16.5. The van der Waals surface area contributed by atoms with E-state index in [1.54, 1.807) is 32.4 Å². The second-order valence-corrected chi connectivity index (χ2v) is 6.09. The van der Waals surface area contributed by atoms with Crippen LogP contribution in [0.1, 0.15) is 21.5 Å². The molecule has 1 heterocycles. The Hall–Kier alpha value is -3.15. The van der Waals surface area contributed by atoms with Crippen molar-refractivity contribution in [3.63, 3.8) is 0 Å². The first-order valence-electron chi connectivity index (χ1n) is 8.33. The summed E-state index contributed by atoms with van der Waals surface area (Å²) in [7, 11) is 3.20. The summed E-state index contributed by atoms with van der Waals surface area (Å²) in [6.45, 7) is 2.31. The van der Waals surface area contributed by atoms with Gasteiger partial charge in [0.15, 0.2) is 11.5 Å². The van der Waals surface area contributed by atoms with Crippen molar-refractivity contribution < 1.29 is 19.4 Å². The third kappa shape index (κ3) is 3.44. The lowest BCUT2D eigenvalue weighted by Crippen LogP contribution is -2.25. The summed E-state index contributed by atoms with van der Waals surface area (Å²) in [5, 5.41) is 13.8. The number of rotatable bonds is 6. The standard InChI is InChI=1S/C20H22N2O4/c1-12-4-5-14(17(23)8-12)20(24)21-7-6-13-11-22-16-10-19(26-3)18(25-2)9-15(13)16/h4-5,8-11,22-23H,6-7H2,1-3H3,(H,21,24). The summed E-state index contributed by atoms with van der Waals surface area (Å²) in [6.07, 6.45) is 2.56. The molecule has 0 atom stereocenters. The minimum absolute atomic E-state index is 0.00794. The molecule has 0 unspecified atom stereocenters. The van der Waals surface area contributed by atoms with Gasteiger partial charge in [0.25, 0.3) is 5.91 Å². The number of carbonyl (C=O) groups is 1. The van der Waals surface area contributed by atoms with Crippen molar-refractivity contribution in [3.05, 3.63) is 53.2 Å². The van der Waals surface area contributed by atoms with Gasteiger partial charge in [-0.3, -0.25) is 4.79 Å². The Morgan fingerprint density at radius 2 is 1.88 bits per heavy atom. The van der Waals surface area contributed by atoms with Crippen LogP contribution >= 0.6 is 0 Å². The molecule has 0 spiro atoms. The van der Waals surface area contributed by atoms with E-state index in [1.165, 1.54) is 0 Å². The first kappa shape index (κ1) is 17.7. The van der Waals surface area contributed by atoms with Crippen LogP contribution in [-0.2, 0) is 6.42 Å². The first-order valence-corrected chi connectivity index (χ1v) is 8.33. The second-order valence-electron chi connectivity index (χ2n) is 6.09. The van der Waals surface area contributed by atoms with Crippen LogP contribution in [0, 0.1) is 6.92 Å². The van der Waals surface area contributed by atoms with Crippen molar-refractivity contribution in [2.24, 2.45) is 0 Å². The number of amides is 1. The van der Waals surface area contributed by atoms with Gasteiger partial charge in [0.05, 0.1) is 19.8 Å². The largest absolute Gasteiger partial charge is 0.507 e. The molecule has 26 heavy (non-hydrogen) atoms. The van der Waals surface area contributed by atoms with E-state index in [4.69, 9.17) is 9.47 Å². The summed E-state index contributed by atoms with van der Waals surface area (Å²) >= 11 is 0. The van der Waals surface area contributed by atoms with Gasteiger partial charge in [-0.15, -0.1) is 0 Å². The van der Waals surface area contributed by atoms with Gasteiger partial charge >= 0.3 is 0 Å². The molecular weight excluding hydrogens is 332 g/mol. The molecule has 0 fully saturated rings. The topological polar surface area (TPSA) is 83.6 Å². The Morgan fingerprint density at radius 3 is 2.58 bits per heavy atom. The molecule has 0 bridgehead atoms. The van der Waals surface area contributed by atoms with Gasteiger partial charge in [0.1, 0.15) is 5.75 Å². The van der Waals surface area contributed by atoms with Crippen molar-refractivity contribution in [1.82, 2.24) is 10.3 Å². The third-order valence-corrected chi connectivity index (χ3v) is 4.35. The summed E-state index contributed by atoms with van der Waals surface area (Å²) in [4.78, 5) is 15.4. The molecule has 0 saturated heterocycles. The molecule has 6 nitrogen and oxygen atoms in total. The zero-order valence-electron chi connectivity index (χ0n) is 15.1. The fraction of sp³-hybridized carbons (Fsp3) is 0.250. The minimum atomic E-state index is -0.290. The van der Waals surface area contributed by atoms with Gasteiger partial charge in [0.2, 0.25) is 0 Å². The van der Waals surface area contributed by atoms with Crippen molar-refractivity contribution in [2.75, 3.05) is 20.8 Å². The van der Waals surface area contributed by atoms with Crippen LogP contribution in [0.3, 0.4) is 0 Å². The summed E-state index contributed by atoms with van der Waals surface area (Å²) < 4.78 is 10.7. The summed E-state index contributed by atoms with van der Waals surface area (Å²) in [6, 6.07) is 8.82. The average molecular weight is 354 g/mol. The third-order valence-electron chi connectivity index (χ3n) is 4.35. The van der Waals surface area contributed by atoms with Crippen LogP contribution in [0.4, 0.5) is 0 Å². The maximum atomic E-state index is 12.2. The molecular formula is C20H22N2O4. The molecule has 1 amide bonds. The van der Waals surface area contributed by atoms with E-state index in [0.717, 1.165) is 22.0 Å². The number of phenols is 1. The molecule has 0 radical (unpaired) electrons. The number of methoxy groups -OCH3 is 2. The number of aromatic amines is 1. The van der Waals surface area contributed by atoms with E-state index >= 15 is 0 Å².